The number of rotatable bonds is 4. The van der Waals surface area contributed by atoms with E-state index in [9.17, 15) is 18.0 Å². The van der Waals surface area contributed by atoms with Gasteiger partial charge in [-0.3, -0.25) is 9.78 Å². The number of hydrogen-bond donors (Lipinski definition) is 2. The minimum absolute atomic E-state index is 0.0278. The Labute approximate surface area is 184 Å². The highest BCUT2D eigenvalue weighted by Gasteiger charge is 2.36. The summed E-state index contributed by atoms with van der Waals surface area (Å²) in [5.41, 5.74) is 2.23. The van der Waals surface area contributed by atoms with Gasteiger partial charge in [-0.05, 0) is 47.7 Å². The van der Waals surface area contributed by atoms with Gasteiger partial charge in [0.25, 0.3) is 5.56 Å². The van der Waals surface area contributed by atoms with Crippen LogP contribution in [0.3, 0.4) is 0 Å². The van der Waals surface area contributed by atoms with Gasteiger partial charge >= 0.3 is 5.69 Å². The van der Waals surface area contributed by atoms with Crippen LogP contribution in [0.1, 0.15) is 22.7 Å². The average Bonchev–Trinajstić information content (AvgIpc) is 2.79. The molecular weight excluding hydrogens is 426 g/mol. The summed E-state index contributed by atoms with van der Waals surface area (Å²) in [4.78, 5) is 28.5. The van der Waals surface area contributed by atoms with Gasteiger partial charge < -0.3 is 4.98 Å². The first-order chi connectivity index (χ1) is 15.4. The Balaban J connectivity index is 1.62. The summed E-state index contributed by atoms with van der Waals surface area (Å²) in [6, 6.07) is 21.6. The third kappa shape index (κ3) is 3.57. The molecule has 5 rings (SSSR count). The number of aromatic nitrogens is 2. The summed E-state index contributed by atoms with van der Waals surface area (Å²) in [5.74, 6) is 0. The molecule has 0 saturated heterocycles. The van der Waals surface area contributed by atoms with E-state index in [2.05, 4.69) is 9.97 Å². The summed E-state index contributed by atoms with van der Waals surface area (Å²) < 4.78 is 29.1. The number of benzene rings is 3. The zero-order chi connectivity index (χ0) is 22.3. The van der Waals surface area contributed by atoms with E-state index in [1.165, 1.54) is 22.5 Å². The van der Waals surface area contributed by atoms with Crippen molar-refractivity contribution in [1.29, 1.82) is 0 Å². The van der Waals surface area contributed by atoms with E-state index in [0.29, 0.717) is 24.9 Å². The maximum Gasteiger partial charge on any atom is 0.326 e. The lowest BCUT2D eigenvalue weighted by Crippen LogP contribution is -2.41. The molecule has 0 saturated carbocycles. The van der Waals surface area contributed by atoms with Crippen molar-refractivity contribution in [3.63, 3.8) is 0 Å². The van der Waals surface area contributed by atoms with Crippen molar-refractivity contribution in [2.24, 2.45) is 0 Å². The van der Waals surface area contributed by atoms with Crippen LogP contribution in [0.25, 0.3) is 10.9 Å². The van der Waals surface area contributed by atoms with E-state index < -0.39 is 21.3 Å². The highest BCUT2D eigenvalue weighted by molar-refractivity contribution is 7.89. The van der Waals surface area contributed by atoms with E-state index in [1.54, 1.807) is 0 Å². The lowest BCUT2D eigenvalue weighted by Gasteiger charge is -2.36. The molecule has 1 aliphatic rings. The molecule has 2 heterocycles. The van der Waals surface area contributed by atoms with Crippen LogP contribution in [-0.4, -0.2) is 29.2 Å². The standard InChI is InChI=1S/C24H21N3O4S/c28-23-20-15-18(10-11-21(20)25-24(29)26-23)32(30,31)27-13-12-17-8-4-5-9-19(17)22(27)14-16-6-2-1-3-7-16/h1-11,15,22H,12-14H2,(H2,25,26,28,29). The van der Waals surface area contributed by atoms with Crippen molar-refractivity contribution < 1.29 is 8.42 Å². The number of hydrogen-bond acceptors (Lipinski definition) is 4. The monoisotopic (exact) mass is 447 g/mol. The fourth-order valence-electron chi connectivity index (χ4n) is 4.41. The molecule has 8 heteroatoms. The second-order valence-corrected chi connectivity index (χ2v) is 9.78. The van der Waals surface area contributed by atoms with E-state index >= 15 is 0 Å². The Morgan fingerprint density at radius 1 is 0.906 bits per heavy atom. The van der Waals surface area contributed by atoms with Crippen molar-refractivity contribution in [3.05, 3.63) is 110 Å². The zero-order valence-electron chi connectivity index (χ0n) is 17.1. The highest BCUT2D eigenvalue weighted by atomic mass is 32.2. The summed E-state index contributed by atoms with van der Waals surface area (Å²) in [6.07, 6.45) is 1.15. The Bertz CT molecular complexity index is 1520. The number of sulfonamides is 1. The molecule has 162 valence electrons. The van der Waals surface area contributed by atoms with Crippen LogP contribution in [0.4, 0.5) is 0 Å². The van der Waals surface area contributed by atoms with Crippen LogP contribution in [0.2, 0.25) is 0 Å². The van der Waals surface area contributed by atoms with Crippen molar-refractivity contribution in [3.8, 4) is 0 Å². The predicted octanol–water partition coefficient (Wildman–Crippen LogP) is 2.75. The van der Waals surface area contributed by atoms with Gasteiger partial charge in [0.15, 0.2) is 0 Å². The Morgan fingerprint density at radius 2 is 1.66 bits per heavy atom. The molecule has 1 aliphatic heterocycles. The van der Waals surface area contributed by atoms with Crippen molar-refractivity contribution in [2.45, 2.75) is 23.8 Å². The second-order valence-electron chi connectivity index (χ2n) is 7.89. The normalized spacial score (nSPS) is 16.7. The molecule has 0 bridgehead atoms. The SMILES string of the molecule is O=c1[nH]c(=O)c2cc(S(=O)(=O)N3CCc4ccccc4C3Cc3ccccc3)ccc2[nH]1. The first-order valence-corrected chi connectivity index (χ1v) is 11.8. The predicted molar refractivity (Wildman–Crippen MR) is 122 cm³/mol. The van der Waals surface area contributed by atoms with Crippen LogP contribution in [0, 0.1) is 0 Å². The largest absolute Gasteiger partial charge is 0.326 e. The van der Waals surface area contributed by atoms with Gasteiger partial charge in [-0.25, -0.2) is 13.2 Å². The quantitative estimate of drug-likeness (QED) is 0.502. The Kier molecular flexibility index (Phi) is 5.03. The number of fused-ring (bicyclic) bond motifs is 2. The third-order valence-corrected chi connectivity index (χ3v) is 7.86. The maximum atomic E-state index is 13.8. The van der Waals surface area contributed by atoms with E-state index in [1.807, 2.05) is 54.6 Å². The Morgan fingerprint density at radius 3 is 2.47 bits per heavy atom. The van der Waals surface area contributed by atoms with E-state index in [0.717, 1.165) is 16.7 Å². The summed E-state index contributed by atoms with van der Waals surface area (Å²) in [6.45, 7) is 0.344. The number of H-pyrrole nitrogens is 2. The molecule has 3 aromatic carbocycles. The molecule has 0 aliphatic carbocycles. The van der Waals surface area contributed by atoms with Crippen LogP contribution >= 0.6 is 0 Å². The molecular formula is C24H21N3O4S. The fraction of sp³-hybridized carbons (Fsp3) is 0.167. The van der Waals surface area contributed by atoms with Crippen molar-refractivity contribution >= 4 is 20.9 Å². The molecule has 1 aromatic heterocycles. The molecule has 0 radical (unpaired) electrons. The third-order valence-electron chi connectivity index (χ3n) is 5.95. The summed E-state index contributed by atoms with van der Waals surface area (Å²) >= 11 is 0. The second kappa shape index (κ2) is 7.89. The fourth-order valence-corrected chi connectivity index (χ4v) is 6.04. The average molecular weight is 448 g/mol. The number of aromatic amines is 2. The van der Waals surface area contributed by atoms with E-state index in [4.69, 9.17) is 0 Å². The van der Waals surface area contributed by atoms with Gasteiger partial charge in [0.1, 0.15) is 0 Å². The molecule has 32 heavy (non-hydrogen) atoms. The first-order valence-electron chi connectivity index (χ1n) is 10.3. The van der Waals surface area contributed by atoms with Crippen molar-refractivity contribution in [2.75, 3.05) is 6.54 Å². The zero-order valence-corrected chi connectivity index (χ0v) is 17.9. The van der Waals surface area contributed by atoms with Gasteiger partial charge in [0, 0.05) is 6.54 Å². The maximum absolute atomic E-state index is 13.8. The molecule has 7 nitrogen and oxygen atoms in total. The Hall–Kier alpha value is -3.49. The number of nitrogens with zero attached hydrogens (tertiary/aromatic N) is 1. The molecule has 2 N–H and O–H groups in total. The molecule has 1 atom stereocenters. The summed E-state index contributed by atoms with van der Waals surface area (Å²) in [5, 5.41) is 0.127. The lowest BCUT2D eigenvalue weighted by atomic mass is 9.90. The van der Waals surface area contributed by atoms with Crippen molar-refractivity contribution in [1.82, 2.24) is 14.3 Å². The topological polar surface area (TPSA) is 103 Å². The van der Waals surface area contributed by atoms with Gasteiger partial charge in [-0.1, -0.05) is 54.6 Å². The van der Waals surface area contributed by atoms with Gasteiger partial charge in [0.05, 0.1) is 21.8 Å². The number of nitrogens with one attached hydrogen (secondary N) is 2. The van der Waals surface area contributed by atoms with Gasteiger partial charge in [-0.15, -0.1) is 0 Å². The molecule has 1 unspecified atom stereocenters. The minimum atomic E-state index is -3.90. The highest BCUT2D eigenvalue weighted by Crippen LogP contribution is 2.36. The molecule has 0 spiro atoms. The van der Waals surface area contributed by atoms with Gasteiger partial charge in [0.2, 0.25) is 10.0 Å². The van der Waals surface area contributed by atoms with Crippen LogP contribution in [0.5, 0.6) is 0 Å². The van der Waals surface area contributed by atoms with E-state index in [-0.39, 0.29) is 16.3 Å². The first kappa shape index (κ1) is 20.4. The molecule has 4 aromatic rings. The molecule has 0 fully saturated rings. The summed E-state index contributed by atoms with van der Waals surface area (Å²) in [7, 11) is -3.90. The smallest absolute Gasteiger partial charge is 0.307 e. The lowest BCUT2D eigenvalue weighted by molar-refractivity contribution is 0.306. The van der Waals surface area contributed by atoms with Crippen LogP contribution in [0.15, 0.2) is 87.3 Å². The van der Waals surface area contributed by atoms with Gasteiger partial charge in [-0.2, -0.15) is 4.31 Å². The minimum Gasteiger partial charge on any atom is -0.307 e. The van der Waals surface area contributed by atoms with Crippen LogP contribution < -0.4 is 11.2 Å². The van der Waals surface area contributed by atoms with Crippen LogP contribution in [-0.2, 0) is 22.9 Å². The molecule has 0 amide bonds.